The predicted molar refractivity (Wildman–Crippen MR) is 109 cm³/mol. The molecule has 0 aliphatic rings. The van der Waals surface area contributed by atoms with Gasteiger partial charge in [0.05, 0.1) is 21.3 Å². The van der Waals surface area contributed by atoms with E-state index in [1.165, 1.54) is 13.3 Å². The van der Waals surface area contributed by atoms with Crippen molar-refractivity contribution in [3.8, 4) is 17.2 Å². The Bertz CT molecular complexity index is 1000. The molecule has 3 rings (SSSR count). The summed E-state index contributed by atoms with van der Waals surface area (Å²) < 4.78 is 16.0. The Balaban J connectivity index is 1.83. The zero-order chi connectivity index (χ0) is 20.8. The number of ketones is 1. The molecule has 0 aliphatic carbocycles. The number of anilines is 4. The first-order chi connectivity index (χ1) is 14.0. The van der Waals surface area contributed by atoms with Crippen LogP contribution in [0.4, 0.5) is 23.3 Å². The van der Waals surface area contributed by atoms with Crippen molar-refractivity contribution < 1.29 is 19.0 Å². The van der Waals surface area contributed by atoms with Crippen LogP contribution in [0.2, 0.25) is 0 Å². The molecule has 0 radical (unpaired) electrons. The van der Waals surface area contributed by atoms with E-state index in [0.717, 1.165) is 0 Å². The number of hydrogen-bond donors (Lipinski definition) is 2. The molecule has 1 aromatic heterocycles. The van der Waals surface area contributed by atoms with Crippen LogP contribution < -0.4 is 24.8 Å². The number of ether oxygens (including phenoxy) is 3. The molecule has 150 valence electrons. The molecule has 0 bridgehead atoms. The summed E-state index contributed by atoms with van der Waals surface area (Å²) >= 11 is 0. The Hall–Kier alpha value is -3.88. The first-order valence-corrected chi connectivity index (χ1v) is 8.68. The Kier molecular flexibility index (Phi) is 6.08. The number of Topliss-reactive ketones (excluding diaryl/α,β-unsaturated/α-hetero) is 1. The van der Waals surface area contributed by atoms with Crippen molar-refractivity contribution in [3.05, 3.63) is 48.3 Å². The van der Waals surface area contributed by atoms with E-state index >= 15 is 0 Å². The SMILES string of the molecule is COc1cc(Nc2ncnc(Nc3cccc(C(C)=O)c3)n2)cc(OC)c1OC. The largest absolute Gasteiger partial charge is 0.493 e. The van der Waals surface area contributed by atoms with Gasteiger partial charge in [0.1, 0.15) is 6.33 Å². The molecule has 0 aliphatic heterocycles. The molecule has 0 saturated heterocycles. The van der Waals surface area contributed by atoms with Gasteiger partial charge in [-0.15, -0.1) is 0 Å². The van der Waals surface area contributed by atoms with Gasteiger partial charge in [0.25, 0.3) is 0 Å². The maximum Gasteiger partial charge on any atom is 0.232 e. The van der Waals surface area contributed by atoms with Crippen molar-refractivity contribution in [2.45, 2.75) is 6.92 Å². The average Bonchev–Trinajstić information content (AvgIpc) is 2.73. The van der Waals surface area contributed by atoms with Crippen LogP contribution in [0.1, 0.15) is 17.3 Å². The molecule has 3 aromatic rings. The van der Waals surface area contributed by atoms with Gasteiger partial charge in [-0.3, -0.25) is 4.79 Å². The maximum absolute atomic E-state index is 11.5. The minimum Gasteiger partial charge on any atom is -0.493 e. The van der Waals surface area contributed by atoms with Crippen molar-refractivity contribution in [2.24, 2.45) is 0 Å². The Labute approximate surface area is 168 Å². The topological polar surface area (TPSA) is 107 Å². The number of hydrogen-bond acceptors (Lipinski definition) is 9. The van der Waals surface area contributed by atoms with Crippen LogP contribution in [0.25, 0.3) is 0 Å². The molecule has 0 atom stereocenters. The third kappa shape index (κ3) is 4.70. The van der Waals surface area contributed by atoms with Gasteiger partial charge in [-0.1, -0.05) is 12.1 Å². The van der Waals surface area contributed by atoms with Crippen LogP contribution in [0.5, 0.6) is 17.2 Å². The monoisotopic (exact) mass is 395 g/mol. The highest BCUT2D eigenvalue weighted by molar-refractivity contribution is 5.95. The summed E-state index contributed by atoms with van der Waals surface area (Å²) in [6, 6.07) is 10.6. The fourth-order valence-electron chi connectivity index (χ4n) is 2.64. The zero-order valence-corrected chi connectivity index (χ0v) is 16.5. The van der Waals surface area contributed by atoms with Gasteiger partial charge in [-0.05, 0) is 19.1 Å². The van der Waals surface area contributed by atoms with E-state index < -0.39 is 0 Å². The van der Waals surface area contributed by atoms with Gasteiger partial charge in [-0.2, -0.15) is 4.98 Å². The minimum atomic E-state index is -0.0194. The quantitative estimate of drug-likeness (QED) is 0.553. The summed E-state index contributed by atoms with van der Waals surface area (Å²) in [4.78, 5) is 24.2. The first-order valence-electron chi connectivity index (χ1n) is 8.68. The first kappa shape index (κ1) is 19.9. The third-order valence-electron chi connectivity index (χ3n) is 4.02. The van der Waals surface area contributed by atoms with E-state index in [9.17, 15) is 4.79 Å². The van der Waals surface area contributed by atoms with Gasteiger partial charge in [0.2, 0.25) is 17.6 Å². The third-order valence-corrected chi connectivity index (χ3v) is 4.02. The number of rotatable bonds is 8. The highest BCUT2D eigenvalue weighted by atomic mass is 16.5. The van der Waals surface area contributed by atoms with Gasteiger partial charge in [0.15, 0.2) is 17.3 Å². The fourth-order valence-corrected chi connectivity index (χ4v) is 2.64. The molecule has 0 fully saturated rings. The Morgan fingerprint density at radius 3 is 2.03 bits per heavy atom. The molecule has 0 spiro atoms. The van der Waals surface area contributed by atoms with Crippen molar-refractivity contribution >= 4 is 29.1 Å². The van der Waals surface area contributed by atoms with Gasteiger partial charge >= 0.3 is 0 Å². The number of methoxy groups -OCH3 is 3. The maximum atomic E-state index is 11.5. The van der Waals surface area contributed by atoms with E-state index in [0.29, 0.717) is 46.1 Å². The number of nitrogens with one attached hydrogen (secondary N) is 2. The highest BCUT2D eigenvalue weighted by Gasteiger charge is 2.14. The molecule has 0 unspecified atom stereocenters. The van der Waals surface area contributed by atoms with E-state index in [1.807, 2.05) is 6.07 Å². The number of benzene rings is 2. The van der Waals surface area contributed by atoms with Gasteiger partial charge in [0, 0.05) is 29.1 Å². The van der Waals surface area contributed by atoms with E-state index in [-0.39, 0.29) is 5.78 Å². The van der Waals surface area contributed by atoms with Crippen molar-refractivity contribution in [2.75, 3.05) is 32.0 Å². The molecule has 2 N–H and O–H groups in total. The highest BCUT2D eigenvalue weighted by Crippen LogP contribution is 2.40. The molecular formula is C20H21N5O4. The lowest BCUT2D eigenvalue weighted by Crippen LogP contribution is -2.04. The van der Waals surface area contributed by atoms with Crippen LogP contribution in [0, 0.1) is 0 Å². The second-order valence-corrected chi connectivity index (χ2v) is 5.93. The lowest BCUT2D eigenvalue weighted by molar-refractivity contribution is 0.101. The lowest BCUT2D eigenvalue weighted by atomic mass is 10.1. The van der Waals surface area contributed by atoms with E-state index in [4.69, 9.17) is 14.2 Å². The molecular weight excluding hydrogens is 374 g/mol. The molecule has 9 heteroatoms. The van der Waals surface area contributed by atoms with Crippen molar-refractivity contribution in [3.63, 3.8) is 0 Å². The van der Waals surface area contributed by atoms with Crippen LogP contribution >= 0.6 is 0 Å². The Morgan fingerprint density at radius 2 is 1.48 bits per heavy atom. The predicted octanol–water partition coefficient (Wildman–Crippen LogP) is 3.59. The van der Waals surface area contributed by atoms with E-state index in [1.54, 1.807) is 51.7 Å². The molecule has 9 nitrogen and oxygen atoms in total. The smallest absolute Gasteiger partial charge is 0.232 e. The summed E-state index contributed by atoms with van der Waals surface area (Å²) in [7, 11) is 4.63. The van der Waals surface area contributed by atoms with Crippen LogP contribution in [-0.2, 0) is 0 Å². The minimum absolute atomic E-state index is 0.0194. The molecule has 1 heterocycles. The molecule has 29 heavy (non-hydrogen) atoms. The summed E-state index contributed by atoms with van der Waals surface area (Å²) in [5.74, 6) is 2.12. The summed E-state index contributed by atoms with van der Waals surface area (Å²) in [5, 5.41) is 6.15. The van der Waals surface area contributed by atoms with Gasteiger partial charge in [-0.25, -0.2) is 9.97 Å². The van der Waals surface area contributed by atoms with Crippen molar-refractivity contribution in [1.82, 2.24) is 15.0 Å². The zero-order valence-electron chi connectivity index (χ0n) is 16.5. The van der Waals surface area contributed by atoms with Crippen LogP contribution in [-0.4, -0.2) is 42.1 Å². The summed E-state index contributed by atoms with van der Waals surface area (Å²) in [6.45, 7) is 1.52. The second kappa shape index (κ2) is 8.87. The normalized spacial score (nSPS) is 10.2. The Morgan fingerprint density at radius 1 is 0.862 bits per heavy atom. The van der Waals surface area contributed by atoms with E-state index in [2.05, 4.69) is 25.6 Å². The number of nitrogens with zero attached hydrogens (tertiary/aromatic N) is 3. The number of carbonyl (C=O) groups excluding carboxylic acids is 1. The van der Waals surface area contributed by atoms with Crippen LogP contribution in [0.15, 0.2) is 42.7 Å². The van der Waals surface area contributed by atoms with Gasteiger partial charge < -0.3 is 24.8 Å². The fraction of sp³-hybridized carbons (Fsp3) is 0.200. The summed E-state index contributed by atoms with van der Waals surface area (Å²) in [6.07, 6.45) is 1.38. The molecule has 2 aromatic carbocycles. The average molecular weight is 395 g/mol. The molecule has 0 saturated carbocycles. The molecule has 0 amide bonds. The number of aromatic nitrogens is 3. The lowest BCUT2D eigenvalue weighted by Gasteiger charge is -2.14. The summed E-state index contributed by atoms with van der Waals surface area (Å²) in [5.41, 5.74) is 1.94. The van der Waals surface area contributed by atoms with Crippen LogP contribution in [0.3, 0.4) is 0 Å². The van der Waals surface area contributed by atoms with Crippen molar-refractivity contribution in [1.29, 1.82) is 0 Å². The second-order valence-electron chi connectivity index (χ2n) is 5.93. The number of carbonyl (C=O) groups is 1. The standard InChI is InChI=1S/C20H21N5O4/c1-12(26)13-6-5-7-14(8-13)23-19-21-11-22-20(25-19)24-15-9-16(27-2)18(29-4)17(10-15)28-3/h5-11H,1-4H3,(H2,21,22,23,24,25).